The Morgan fingerprint density at radius 3 is 1.13 bits per heavy atom. The first kappa shape index (κ1) is 36.9. The zero-order chi connectivity index (χ0) is 28.2. The molecule has 0 bridgehead atoms. The molecule has 0 aromatic carbocycles. The molecule has 226 valence electrons. The first-order valence-electron chi connectivity index (χ1n) is 16.9. The molecule has 0 aromatic rings. The number of hydrogen-bond donors (Lipinski definition) is 1. The molecule has 0 unspecified atom stereocenters. The summed E-state index contributed by atoms with van der Waals surface area (Å²) in [7, 11) is 0. The van der Waals surface area contributed by atoms with E-state index in [0.717, 1.165) is 38.5 Å². The highest BCUT2D eigenvalue weighted by molar-refractivity contribution is 5.70. The summed E-state index contributed by atoms with van der Waals surface area (Å²) in [5.41, 5.74) is -0.319. The molecule has 0 aromatic heterocycles. The highest BCUT2D eigenvalue weighted by Gasteiger charge is 2.32. The largest absolute Gasteiger partial charge is 0.481 e. The summed E-state index contributed by atoms with van der Waals surface area (Å²) in [4.78, 5) is 23.8. The Morgan fingerprint density at radius 2 is 0.789 bits per heavy atom. The van der Waals surface area contributed by atoms with Crippen molar-refractivity contribution in [1.82, 2.24) is 0 Å². The van der Waals surface area contributed by atoms with Gasteiger partial charge in [-0.05, 0) is 51.4 Å². The van der Waals surface area contributed by atoms with E-state index in [9.17, 15) is 9.59 Å². The quantitative estimate of drug-likeness (QED) is 0.0729. The lowest BCUT2D eigenvalue weighted by Crippen LogP contribution is -2.35. The van der Waals surface area contributed by atoms with Crippen molar-refractivity contribution in [3.05, 3.63) is 0 Å². The lowest BCUT2D eigenvalue weighted by atomic mass is 9.84. The van der Waals surface area contributed by atoms with E-state index >= 15 is 0 Å². The first-order valence-corrected chi connectivity index (χ1v) is 16.9. The summed E-state index contributed by atoms with van der Waals surface area (Å²) >= 11 is 0. The van der Waals surface area contributed by atoms with E-state index in [4.69, 9.17) is 9.84 Å². The van der Waals surface area contributed by atoms with E-state index in [1.807, 2.05) is 0 Å². The van der Waals surface area contributed by atoms with Crippen LogP contribution in [0.2, 0.25) is 0 Å². The predicted molar refractivity (Wildman–Crippen MR) is 163 cm³/mol. The maximum atomic E-state index is 12.9. The molecule has 4 nitrogen and oxygen atoms in total. The van der Waals surface area contributed by atoms with E-state index in [1.165, 1.54) is 116 Å². The third kappa shape index (κ3) is 24.0. The molecule has 0 atom stereocenters. The Morgan fingerprint density at radius 1 is 0.474 bits per heavy atom. The number of carbonyl (C=O) groups excluding carboxylic acids is 1. The number of ether oxygens (including phenoxy) is 1. The Hall–Kier alpha value is -1.06. The molecule has 0 rings (SSSR count). The van der Waals surface area contributed by atoms with Crippen LogP contribution in [0.15, 0.2) is 0 Å². The molecule has 38 heavy (non-hydrogen) atoms. The first-order chi connectivity index (χ1) is 18.5. The van der Waals surface area contributed by atoms with Gasteiger partial charge in [-0.15, -0.1) is 0 Å². The lowest BCUT2D eigenvalue weighted by molar-refractivity contribution is -0.163. The molecule has 0 spiro atoms. The number of esters is 1. The van der Waals surface area contributed by atoms with Crippen molar-refractivity contribution in [1.29, 1.82) is 0 Å². The molecule has 0 heterocycles. The molecule has 0 aliphatic carbocycles. The fraction of sp³-hybridized carbons (Fsp3) is 0.941. The molecule has 0 amide bonds. The van der Waals surface area contributed by atoms with Gasteiger partial charge in [0.05, 0.1) is 0 Å². The average molecular weight is 539 g/mol. The van der Waals surface area contributed by atoms with Crippen LogP contribution in [0.1, 0.15) is 201 Å². The monoisotopic (exact) mass is 538 g/mol. The number of unbranched alkanes of at least 4 members (excludes halogenated alkanes) is 19. The highest BCUT2D eigenvalue weighted by Crippen LogP contribution is 2.34. The summed E-state index contributed by atoms with van der Waals surface area (Å²) in [6.45, 7) is 6.78. The minimum atomic E-state index is -0.788. The van der Waals surface area contributed by atoms with Crippen molar-refractivity contribution in [3.63, 3.8) is 0 Å². The second-order valence-electron chi connectivity index (χ2n) is 11.9. The van der Waals surface area contributed by atoms with Gasteiger partial charge in [0.25, 0.3) is 0 Å². The topological polar surface area (TPSA) is 63.6 Å². The third-order valence-corrected chi connectivity index (χ3v) is 8.06. The second kappa shape index (κ2) is 27.5. The maximum absolute atomic E-state index is 12.9. The average Bonchev–Trinajstić information content (AvgIpc) is 2.89. The van der Waals surface area contributed by atoms with Crippen molar-refractivity contribution >= 4 is 11.9 Å². The van der Waals surface area contributed by atoms with E-state index in [-0.39, 0.29) is 18.0 Å². The van der Waals surface area contributed by atoms with Crippen LogP contribution >= 0.6 is 0 Å². The molecular formula is C34H66O4. The van der Waals surface area contributed by atoms with E-state index < -0.39 is 5.97 Å². The standard InChI is InChI=1S/C34H66O4/c1-4-7-10-13-16-17-18-21-26-31-34(29-24-19-14-11-8-5-2,30-25-20-15-12-9-6-3)38-33(37)28-23-22-27-32(35)36/h4-31H2,1-3H3,(H,35,36). The minimum Gasteiger partial charge on any atom is -0.481 e. The van der Waals surface area contributed by atoms with Gasteiger partial charge in [-0.25, -0.2) is 0 Å². The Kier molecular flexibility index (Phi) is 26.7. The SMILES string of the molecule is CCCCCCCCCCCC(CCCCCCCC)(CCCCCCCC)OC(=O)CCCCC(=O)O. The number of hydrogen-bond acceptors (Lipinski definition) is 3. The molecule has 0 saturated heterocycles. The van der Waals surface area contributed by atoms with E-state index in [2.05, 4.69) is 20.8 Å². The van der Waals surface area contributed by atoms with Crippen molar-refractivity contribution < 1.29 is 19.4 Å². The number of carboxylic acids is 1. The highest BCUT2D eigenvalue weighted by atomic mass is 16.6. The molecule has 0 radical (unpaired) electrons. The van der Waals surface area contributed by atoms with Crippen LogP contribution in [0.25, 0.3) is 0 Å². The summed E-state index contributed by atoms with van der Waals surface area (Å²) in [6, 6.07) is 0. The number of aliphatic carboxylic acids is 1. The van der Waals surface area contributed by atoms with E-state index in [1.54, 1.807) is 0 Å². The number of rotatable bonds is 30. The fourth-order valence-electron chi connectivity index (χ4n) is 5.58. The van der Waals surface area contributed by atoms with Crippen LogP contribution < -0.4 is 0 Å². The van der Waals surface area contributed by atoms with Crippen LogP contribution in [0, 0.1) is 0 Å². The zero-order valence-electron chi connectivity index (χ0n) is 26.0. The van der Waals surface area contributed by atoms with Gasteiger partial charge < -0.3 is 9.84 Å². The summed E-state index contributed by atoms with van der Waals surface area (Å²) in [5.74, 6) is -0.896. The van der Waals surface area contributed by atoms with Gasteiger partial charge >= 0.3 is 11.9 Å². The molecule has 4 heteroatoms. The van der Waals surface area contributed by atoms with Crippen LogP contribution in [-0.2, 0) is 14.3 Å². The van der Waals surface area contributed by atoms with Gasteiger partial charge in [0, 0.05) is 12.8 Å². The van der Waals surface area contributed by atoms with Gasteiger partial charge in [0.15, 0.2) is 0 Å². The van der Waals surface area contributed by atoms with Gasteiger partial charge in [-0.1, -0.05) is 136 Å². The maximum Gasteiger partial charge on any atom is 0.306 e. The third-order valence-electron chi connectivity index (χ3n) is 8.06. The molecule has 1 N–H and O–H groups in total. The van der Waals surface area contributed by atoms with Crippen LogP contribution in [0.5, 0.6) is 0 Å². The van der Waals surface area contributed by atoms with Crippen molar-refractivity contribution in [3.8, 4) is 0 Å². The summed E-state index contributed by atoms with van der Waals surface area (Å²) in [6.07, 6.45) is 31.4. The summed E-state index contributed by atoms with van der Waals surface area (Å²) in [5, 5.41) is 8.91. The molecule has 0 aliphatic rings. The number of carbonyl (C=O) groups is 2. The summed E-state index contributed by atoms with van der Waals surface area (Å²) < 4.78 is 6.39. The Bertz CT molecular complexity index is 515. The van der Waals surface area contributed by atoms with Crippen LogP contribution in [-0.4, -0.2) is 22.6 Å². The van der Waals surface area contributed by atoms with Gasteiger partial charge in [0.2, 0.25) is 0 Å². The van der Waals surface area contributed by atoms with Crippen LogP contribution in [0.4, 0.5) is 0 Å². The van der Waals surface area contributed by atoms with E-state index in [0.29, 0.717) is 19.3 Å². The van der Waals surface area contributed by atoms with Crippen molar-refractivity contribution in [2.45, 2.75) is 206 Å². The van der Waals surface area contributed by atoms with Gasteiger partial charge in [0.1, 0.15) is 5.60 Å². The fourth-order valence-corrected chi connectivity index (χ4v) is 5.58. The smallest absolute Gasteiger partial charge is 0.306 e. The second-order valence-corrected chi connectivity index (χ2v) is 11.9. The van der Waals surface area contributed by atoms with Crippen LogP contribution in [0.3, 0.4) is 0 Å². The van der Waals surface area contributed by atoms with Gasteiger partial charge in [-0.2, -0.15) is 0 Å². The molecule has 0 saturated carbocycles. The Balaban J connectivity index is 4.97. The molecule has 0 fully saturated rings. The van der Waals surface area contributed by atoms with Gasteiger partial charge in [-0.3, -0.25) is 9.59 Å². The zero-order valence-corrected chi connectivity index (χ0v) is 26.0. The normalized spacial score (nSPS) is 11.7. The van der Waals surface area contributed by atoms with Crippen molar-refractivity contribution in [2.75, 3.05) is 0 Å². The lowest BCUT2D eigenvalue weighted by Gasteiger charge is -2.34. The molecule has 0 aliphatic heterocycles. The molecular weight excluding hydrogens is 472 g/mol. The number of carboxylic acid groups (broad SMARTS) is 1. The minimum absolute atomic E-state index is 0.108. The predicted octanol–water partition coefficient (Wildman–Crippen LogP) is 11.3. The Labute approximate surface area is 237 Å². The van der Waals surface area contributed by atoms with Crippen molar-refractivity contribution in [2.24, 2.45) is 0 Å².